The van der Waals surface area contributed by atoms with E-state index in [9.17, 15) is 9.59 Å². The fourth-order valence-electron chi connectivity index (χ4n) is 3.16. The van der Waals surface area contributed by atoms with Crippen molar-refractivity contribution in [1.29, 1.82) is 0 Å². The lowest BCUT2D eigenvalue weighted by molar-refractivity contribution is -0.127. The van der Waals surface area contributed by atoms with Gasteiger partial charge in [-0.3, -0.25) is 9.59 Å². The average Bonchev–Trinajstić information content (AvgIpc) is 2.79. The lowest BCUT2D eigenvalue weighted by Crippen LogP contribution is -2.50. The maximum atomic E-state index is 12.9. The number of halogens is 2. The predicted molar refractivity (Wildman–Crippen MR) is 118 cm³/mol. The van der Waals surface area contributed by atoms with E-state index in [1.54, 1.807) is 52.3 Å². The number of carbonyl (C=O) groups excluding carboxylic acids is 2. The lowest BCUT2D eigenvalue weighted by Gasteiger charge is -2.34. The predicted octanol–water partition coefficient (Wildman–Crippen LogP) is 4.01. The molecule has 1 saturated heterocycles. The van der Waals surface area contributed by atoms with Gasteiger partial charge in [0.2, 0.25) is 5.91 Å². The van der Waals surface area contributed by atoms with Crippen LogP contribution in [0.1, 0.15) is 15.9 Å². The second-order valence-electron chi connectivity index (χ2n) is 6.70. The van der Waals surface area contributed by atoms with E-state index in [0.717, 1.165) is 0 Å². The zero-order chi connectivity index (χ0) is 21.7. The molecule has 0 aromatic heterocycles. The highest BCUT2D eigenvalue weighted by molar-refractivity contribution is 6.42. The number of benzene rings is 2. The second-order valence-corrected chi connectivity index (χ2v) is 7.48. The molecule has 1 aliphatic rings. The van der Waals surface area contributed by atoms with Crippen LogP contribution >= 0.6 is 23.2 Å². The Labute approximate surface area is 185 Å². The summed E-state index contributed by atoms with van der Waals surface area (Å²) >= 11 is 12.1. The van der Waals surface area contributed by atoms with E-state index in [-0.39, 0.29) is 11.8 Å². The molecule has 6 nitrogen and oxygen atoms in total. The molecular weight excluding hydrogens is 427 g/mol. The second kappa shape index (κ2) is 9.87. The Morgan fingerprint density at radius 3 is 2.13 bits per heavy atom. The number of carbonyl (C=O) groups is 2. The van der Waals surface area contributed by atoms with Crippen LogP contribution in [0.2, 0.25) is 10.0 Å². The Hall–Kier alpha value is -2.70. The van der Waals surface area contributed by atoms with Crippen molar-refractivity contribution in [1.82, 2.24) is 9.80 Å². The Morgan fingerprint density at radius 1 is 0.933 bits per heavy atom. The largest absolute Gasteiger partial charge is 0.497 e. The van der Waals surface area contributed by atoms with Gasteiger partial charge in [-0.05, 0) is 29.8 Å². The summed E-state index contributed by atoms with van der Waals surface area (Å²) in [6.45, 7) is 1.77. The highest BCUT2D eigenvalue weighted by Crippen LogP contribution is 2.26. The average molecular weight is 449 g/mol. The first-order valence-corrected chi connectivity index (χ1v) is 10.1. The minimum Gasteiger partial charge on any atom is -0.497 e. The standard InChI is InChI=1S/C22H22Cl2N2O4/c1-29-17-12-16(13-18(14-17)30-2)22(28)26-10-8-25(9-11-26)20(27)7-6-15-4-3-5-19(23)21(15)24/h3-7,12-14H,8-11H2,1-2H3/b7-6+. The summed E-state index contributed by atoms with van der Waals surface area (Å²) in [4.78, 5) is 28.8. The number of piperazine rings is 1. The minimum absolute atomic E-state index is 0.124. The van der Waals surface area contributed by atoms with Crippen molar-refractivity contribution < 1.29 is 19.1 Å². The number of amides is 2. The smallest absolute Gasteiger partial charge is 0.254 e. The number of hydrogen-bond donors (Lipinski definition) is 0. The van der Waals surface area contributed by atoms with Gasteiger partial charge in [-0.25, -0.2) is 0 Å². The molecular formula is C22H22Cl2N2O4. The summed E-state index contributed by atoms with van der Waals surface area (Å²) in [5.74, 6) is 0.842. The first-order valence-electron chi connectivity index (χ1n) is 9.36. The van der Waals surface area contributed by atoms with Crippen molar-refractivity contribution in [3.63, 3.8) is 0 Å². The van der Waals surface area contributed by atoms with Crippen LogP contribution in [-0.4, -0.2) is 62.0 Å². The van der Waals surface area contributed by atoms with E-state index >= 15 is 0 Å². The molecule has 0 bridgehead atoms. The van der Waals surface area contributed by atoms with Crippen LogP contribution in [0.4, 0.5) is 0 Å². The summed E-state index contributed by atoms with van der Waals surface area (Å²) in [5.41, 5.74) is 1.17. The van der Waals surface area contributed by atoms with E-state index < -0.39 is 0 Å². The highest BCUT2D eigenvalue weighted by atomic mass is 35.5. The molecule has 0 N–H and O–H groups in total. The normalized spacial score (nSPS) is 14.1. The molecule has 0 radical (unpaired) electrons. The number of ether oxygens (including phenoxy) is 2. The fraction of sp³-hybridized carbons (Fsp3) is 0.273. The van der Waals surface area contributed by atoms with Crippen molar-refractivity contribution in [3.8, 4) is 11.5 Å². The molecule has 0 unspecified atom stereocenters. The molecule has 0 saturated carbocycles. The summed E-state index contributed by atoms with van der Waals surface area (Å²) in [5, 5.41) is 0.847. The maximum Gasteiger partial charge on any atom is 0.254 e. The zero-order valence-corrected chi connectivity index (χ0v) is 18.2. The SMILES string of the molecule is COc1cc(OC)cc(C(=O)N2CCN(C(=O)/C=C/c3cccc(Cl)c3Cl)CC2)c1. The third-order valence-electron chi connectivity index (χ3n) is 4.86. The van der Waals surface area contributed by atoms with Crippen molar-refractivity contribution in [3.05, 3.63) is 63.6 Å². The van der Waals surface area contributed by atoms with Gasteiger partial charge in [-0.15, -0.1) is 0 Å². The summed E-state index contributed by atoms with van der Waals surface area (Å²) in [6, 6.07) is 10.3. The van der Waals surface area contributed by atoms with E-state index in [4.69, 9.17) is 32.7 Å². The zero-order valence-electron chi connectivity index (χ0n) is 16.7. The first kappa shape index (κ1) is 22.0. The molecule has 0 aliphatic carbocycles. The van der Waals surface area contributed by atoms with Crippen LogP contribution in [-0.2, 0) is 4.79 Å². The summed E-state index contributed by atoms with van der Waals surface area (Å²) in [7, 11) is 3.08. The van der Waals surface area contributed by atoms with Crippen LogP contribution in [0.5, 0.6) is 11.5 Å². The number of rotatable bonds is 5. The molecule has 2 aromatic carbocycles. The Morgan fingerprint density at radius 2 is 1.53 bits per heavy atom. The van der Waals surface area contributed by atoms with Crippen molar-refractivity contribution in [2.45, 2.75) is 0 Å². The third-order valence-corrected chi connectivity index (χ3v) is 5.70. The minimum atomic E-state index is -0.138. The monoisotopic (exact) mass is 448 g/mol. The molecule has 1 aliphatic heterocycles. The molecule has 2 amide bonds. The van der Waals surface area contributed by atoms with Gasteiger partial charge < -0.3 is 19.3 Å². The fourth-order valence-corrected chi connectivity index (χ4v) is 3.53. The third kappa shape index (κ3) is 5.07. The quantitative estimate of drug-likeness (QED) is 0.648. The topological polar surface area (TPSA) is 59.1 Å². The molecule has 158 valence electrons. The van der Waals surface area contributed by atoms with Gasteiger partial charge in [0.25, 0.3) is 5.91 Å². The van der Waals surface area contributed by atoms with Gasteiger partial charge in [-0.1, -0.05) is 35.3 Å². The van der Waals surface area contributed by atoms with Gasteiger partial charge in [0, 0.05) is 43.9 Å². The molecule has 1 fully saturated rings. The maximum absolute atomic E-state index is 12.9. The Bertz CT molecular complexity index is 947. The van der Waals surface area contributed by atoms with Crippen LogP contribution in [0.3, 0.4) is 0 Å². The molecule has 0 atom stereocenters. The number of hydrogen-bond acceptors (Lipinski definition) is 4. The summed E-state index contributed by atoms with van der Waals surface area (Å²) in [6.07, 6.45) is 3.12. The lowest BCUT2D eigenvalue weighted by atomic mass is 10.1. The van der Waals surface area contributed by atoms with E-state index in [0.29, 0.717) is 58.9 Å². The Kier molecular flexibility index (Phi) is 7.24. The van der Waals surface area contributed by atoms with E-state index in [1.165, 1.54) is 20.3 Å². The molecule has 0 spiro atoms. The van der Waals surface area contributed by atoms with Crippen LogP contribution < -0.4 is 9.47 Å². The number of methoxy groups -OCH3 is 2. The van der Waals surface area contributed by atoms with Gasteiger partial charge in [0.1, 0.15) is 11.5 Å². The highest BCUT2D eigenvalue weighted by Gasteiger charge is 2.24. The Balaban J connectivity index is 1.61. The van der Waals surface area contributed by atoms with Crippen LogP contribution in [0, 0.1) is 0 Å². The summed E-state index contributed by atoms with van der Waals surface area (Å²) < 4.78 is 10.5. The van der Waals surface area contributed by atoms with Crippen molar-refractivity contribution >= 4 is 41.1 Å². The van der Waals surface area contributed by atoms with Crippen molar-refractivity contribution in [2.75, 3.05) is 40.4 Å². The van der Waals surface area contributed by atoms with Crippen molar-refractivity contribution in [2.24, 2.45) is 0 Å². The van der Waals surface area contributed by atoms with E-state index in [2.05, 4.69) is 0 Å². The van der Waals surface area contributed by atoms with Crippen LogP contribution in [0.25, 0.3) is 6.08 Å². The number of nitrogens with zero attached hydrogens (tertiary/aromatic N) is 2. The molecule has 30 heavy (non-hydrogen) atoms. The molecule has 1 heterocycles. The molecule has 3 rings (SSSR count). The van der Waals surface area contributed by atoms with Gasteiger partial charge in [-0.2, -0.15) is 0 Å². The van der Waals surface area contributed by atoms with Crippen LogP contribution in [0.15, 0.2) is 42.5 Å². The first-order chi connectivity index (χ1) is 14.4. The van der Waals surface area contributed by atoms with Gasteiger partial charge in [0.05, 0.1) is 24.3 Å². The molecule has 8 heteroatoms. The van der Waals surface area contributed by atoms with Gasteiger partial charge >= 0.3 is 0 Å². The van der Waals surface area contributed by atoms with Gasteiger partial charge in [0.15, 0.2) is 0 Å². The van der Waals surface area contributed by atoms with E-state index in [1.807, 2.05) is 0 Å². The molecule has 2 aromatic rings.